The van der Waals surface area contributed by atoms with Crippen molar-refractivity contribution in [2.75, 3.05) is 0 Å². The van der Waals surface area contributed by atoms with Crippen LogP contribution in [0.25, 0.3) is 0 Å². The third kappa shape index (κ3) is 6.58. The Morgan fingerprint density at radius 1 is 1.23 bits per heavy atom. The average Bonchev–Trinajstić information content (AvgIpc) is 2.41. The molecule has 6 heteroatoms. The summed E-state index contributed by atoms with van der Waals surface area (Å²) in [5.74, 6) is -0.673. The minimum Gasteiger partial charge on any atom is -0.445 e. The first-order valence-electron chi connectivity index (χ1n) is 7.13. The number of rotatable bonds is 6. The van der Waals surface area contributed by atoms with Crippen LogP contribution in [0.2, 0.25) is 0 Å². The fourth-order valence-electron chi connectivity index (χ4n) is 1.94. The van der Waals surface area contributed by atoms with Gasteiger partial charge in [-0.25, -0.2) is 4.79 Å². The maximum atomic E-state index is 11.8. The van der Waals surface area contributed by atoms with Gasteiger partial charge in [-0.15, -0.1) is 0 Å². The van der Waals surface area contributed by atoms with Crippen molar-refractivity contribution in [3.05, 3.63) is 35.9 Å². The van der Waals surface area contributed by atoms with E-state index in [9.17, 15) is 9.59 Å². The third-order valence-corrected chi connectivity index (χ3v) is 2.80. The van der Waals surface area contributed by atoms with Crippen LogP contribution in [0.3, 0.4) is 0 Å². The summed E-state index contributed by atoms with van der Waals surface area (Å²) in [4.78, 5) is 23.3. The highest BCUT2D eigenvalue weighted by molar-refractivity contribution is 5.84. The molecule has 0 aromatic heterocycles. The summed E-state index contributed by atoms with van der Waals surface area (Å²) >= 11 is 0. The number of hydrogen-bond acceptors (Lipinski definition) is 4. The standard InChI is InChI=1S/C16H24N2O4/c1-11(22-16(2,3)4)13(14(17)19)18-15(20)21-10-12-8-6-5-7-9-12/h5-9,11,13H,10H2,1-4H3,(H2,17,19)(H,18,20). The van der Waals surface area contributed by atoms with Gasteiger partial charge in [0.1, 0.15) is 12.6 Å². The maximum absolute atomic E-state index is 11.8. The molecule has 1 rings (SSSR count). The number of nitrogens with one attached hydrogen (secondary N) is 1. The highest BCUT2D eigenvalue weighted by Crippen LogP contribution is 2.13. The second-order valence-electron chi connectivity index (χ2n) is 6.02. The molecule has 6 nitrogen and oxygen atoms in total. The molecule has 0 saturated carbocycles. The number of amides is 2. The zero-order chi connectivity index (χ0) is 16.8. The number of benzene rings is 1. The smallest absolute Gasteiger partial charge is 0.408 e. The lowest BCUT2D eigenvalue weighted by atomic mass is 10.1. The average molecular weight is 308 g/mol. The van der Waals surface area contributed by atoms with E-state index in [0.29, 0.717) is 0 Å². The van der Waals surface area contributed by atoms with Crippen molar-refractivity contribution in [2.24, 2.45) is 5.73 Å². The van der Waals surface area contributed by atoms with Crippen molar-refractivity contribution >= 4 is 12.0 Å². The van der Waals surface area contributed by atoms with Crippen LogP contribution in [-0.2, 0) is 20.9 Å². The Morgan fingerprint density at radius 3 is 2.32 bits per heavy atom. The van der Waals surface area contributed by atoms with Gasteiger partial charge in [-0.1, -0.05) is 30.3 Å². The fraction of sp³-hybridized carbons (Fsp3) is 0.500. The molecule has 3 N–H and O–H groups in total. The normalized spacial score (nSPS) is 14.0. The van der Waals surface area contributed by atoms with Crippen LogP contribution in [0, 0.1) is 0 Å². The summed E-state index contributed by atoms with van der Waals surface area (Å²) in [6, 6.07) is 8.29. The van der Waals surface area contributed by atoms with Crippen molar-refractivity contribution in [2.45, 2.75) is 52.0 Å². The minimum atomic E-state index is -0.956. The van der Waals surface area contributed by atoms with Crippen molar-refractivity contribution in [1.29, 1.82) is 0 Å². The summed E-state index contributed by atoms with van der Waals surface area (Å²) in [6.07, 6.45) is -1.28. The molecule has 0 fully saturated rings. The second kappa shape index (κ2) is 7.79. The summed E-state index contributed by atoms with van der Waals surface area (Å²) in [5, 5.41) is 2.45. The molecule has 0 aliphatic carbocycles. The molecule has 0 heterocycles. The molecule has 0 saturated heterocycles. The second-order valence-corrected chi connectivity index (χ2v) is 6.02. The van der Waals surface area contributed by atoms with Crippen LogP contribution in [0.5, 0.6) is 0 Å². The molecule has 0 aliphatic rings. The van der Waals surface area contributed by atoms with E-state index in [0.717, 1.165) is 5.56 Å². The predicted molar refractivity (Wildman–Crippen MR) is 83.0 cm³/mol. The lowest BCUT2D eigenvalue weighted by Crippen LogP contribution is -2.53. The van der Waals surface area contributed by atoms with E-state index in [1.165, 1.54) is 0 Å². The minimum absolute atomic E-state index is 0.118. The highest BCUT2D eigenvalue weighted by atomic mass is 16.5. The SMILES string of the molecule is CC(OC(C)(C)C)C(NC(=O)OCc1ccccc1)C(N)=O. The van der Waals surface area contributed by atoms with E-state index in [-0.39, 0.29) is 6.61 Å². The maximum Gasteiger partial charge on any atom is 0.408 e. The number of nitrogens with two attached hydrogens (primary N) is 1. The molecular weight excluding hydrogens is 284 g/mol. The van der Waals surface area contributed by atoms with E-state index in [4.69, 9.17) is 15.2 Å². The summed E-state index contributed by atoms with van der Waals surface area (Å²) < 4.78 is 10.7. The van der Waals surface area contributed by atoms with E-state index < -0.39 is 29.7 Å². The fourth-order valence-corrected chi connectivity index (χ4v) is 1.94. The van der Waals surface area contributed by atoms with Gasteiger partial charge in [0.05, 0.1) is 11.7 Å². The van der Waals surface area contributed by atoms with Crippen LogP contribution in [0.15, 0.2) is 30.3 Å². The van der Waals surface area contributed by atoms with Gasteiger partial charge in [-0.05, 0) is 33.3 Å². The summed E-state index contributed by atoms with van der Waals surface area (Å²) in [5.41, 5.74) is 5.72. The van der Waals surface area contributed by atoms with E-state index in [2.05, 4.69) is 5.32 Å². The topological polar surface area (TPSA) is 90.7 Å². The first kappa shape index (κ1) is 18.0. The van der Waals surface area contributed by atoms with Crippen molar-refractivity contribution in [3.8, 4) is 0 Å². The van der Waals surface area contributed by atoms with Crippen molar-refractivity contribution < 1.29 is 19.1 Å². The molecule has 1 aromatic rings. The molecule has 2 unspecified atom stereocenters. The Bertz CT molecular complexity index is 497. The van der Waals surface area contributed by atoms with Gasteiger partial charge < -0.3 is 20.5 Å². The van der Waals surface area contributed by atoms with Gasteiger partial charge in [0, 0.05) is 0 Å². The van der Waals surface area contributed by atoms with Crippen LogP contribution in [0.1, 0.15) is 33.3 Å². The molecule has 122 valence electrons. The zero-order valence-electron chi connectivity index (χ0n) is 13.5. The Labute approximate surface area is 131 Å². The molecule has 22 heavy (non-hydrogen) atoms. The number of alkyl carbamates (subject to hydrolysis) is 1. The number of primary amides is 1. The third-order valence-electron chi connectivity index (χ3n) is 2.80. The van der Waals surface area contributed by atoms with Gasteiger partial charge in [-0.3, -0.25) is 4.79 Å². The lowest BCUT2D eigenvalue weighted by Gasteiger charge is -2.29. The summed E-state index contributed by atoms with van der Waals surface area (Å²) in [6.45, 7) is 7.37. The first-order chi connectivity index (χ1) is 10.2. The monoisotopic (exact) mass is 308 g/mol. The quantitative estimate of drug-likeness (QED) is 0.840. The largest absolute Gasteiger partial charge is 0.445 e. The number of carbonyl (C=O) groups is 2. The van der Waals surface area contributed by atoms with Gasteiger partial charge >= 0.3 is 6.09 Å². The van der Waals surface area contributed by atoms with Gasteiger partial charge in [0.15, 0.2) is 0 Å². The van der Waals surface area contributed by atoms with E-state index >= 15 is 0 Å². The van der Waals surface area contributed by atoms with Gasteiger partial charge in [0.2, 0.25) is 5.91 Å². The van der Waals surface area contributed by atoms with E-state index in [1.54, 1.807) is 6.92 Å². The Morgan fingerprint density at radius 2 is 1.82 bits per heavy atom. The molecular formula is C16H24N2O4. The number of carbonyl (C=O) groups excluding carboxylic acids is 2. The molecule has 0 aliphatic heterocycles. The highest BCUT2D eigenvalue weighted by Gasteiger charge is 2.29. The van der Waals surface area contributed by atoms with Gasteiger partial charge in [0.25, 0.3) is 0 Å². The van der Waals surface area contributed by atoms with Crippen LogP contribution < -0.4 is 11.1 Å². The van der Waals surface area contributed by atoms with Gasteiger partial charge in [-0.2, -0.15) is 0 Å². The Balaban J connectivity index is 2.55. The van der Waals surface area contributed by atoms with Crippen LogP contribution in [-0.4, -0.2) is 29.7 Å². The Hall–Kier alpha value is -2.08. The molecule has 2 amide bonds. The number of hydrogen-bond donors (Lipinski definition) is 2. The molecule has 0 bridgehead atoms. The first-order valence-corrected chi connectivity index (χ1v) is 7.13. The molecule has 0 radical (unpaired) electrons. The van der Waals surface area contributed by atoms with Crippen molar-refractivity contribution in [1.82, 2.24) is 5.32 Å². The zero-order valence-corrected chi connectivity index (χ0v) is 13.5. The van der Waals surface area contributed by atoms with E-state index in [1.807, 2.05) is 51.1 Å². The molecule has 1 aromatic carbocycles. The molecule has 2 atom stereocenters. The molecule has 0 spiro atoms. The predicted octanol–water partition coefficient (Wildman–Crippen LogP) is 1.97. The number of ether oxygens (including phenoxy) is 2. The summed E-state index contributed by atoms with van der Waals surface area (Å²) in [7, 11) is 0. The van der Waals surface area contributed by atoms with Crippen LogP contribution >= 0.6 is 0 Å². The van der Waals surface area contributed by atoms with Crippen LogP contribution in [0.4, 0.5) is 4.79 Å². The lowest BCUT2D eigenvalue weighted by molar-refractivity contribution is -0.127. The Kier molecular flexibility index (Phi) is 6.37. The van der Waals surface area contributed by atoms with Crippen molar-refractivity contribution in [3.63, 3.8) is 0 Å².